The normalized spacial score (nSPS) is 40.4. The molecule has 0 aliphatic heterocycles. The second-order valence-electron chi connectivity index (χ2n) is 5.70. The van der Waals surface area contributed by atoms with Crippen LogP contribution in [-0.2, 0) is 9.84 Å². The molecule has 3 nitrogen and oxygen atoms in total. The Kier molecular flexibility index (Phi) is 3.59. The van der Waals surface area contributed by atoms with Crippen molar-refractivity contribution in [3.05, 3.63) is 0 Å². The van der Waals surface area contributed by atoms with Gasteiger partial charge in [0.1, 0.15) is 0 Å². The van der Waals surface area contributed by atoms with E-state index in [0.717, 1.165) is 25.2 Å². The van der Waals surface area contributed by atoms with E-state index < -0.39 is 9.84 Å². The van der Waals surface area contributed by atoms with E-state index in [1.165, 1.54) is 25.5 Å². The van der Waals surface area contributed by atoms with Gasteiger partial charge in [-0.1, -0.05) is 19.8 Å². The number of hydrogen-bond donors (Lipinski definition) is 1. The summed E-state index contributed by atoms with van der Waals surface area (Å²) in [5.74, 6) is 0.817. The third-order valence-corrected chi connectivity index (χ3v) is 5.74. The Balaban J connectivity index is 1.94. The van der Waals surface area contributed by atoms with Crippen molar-refractivity contribution in [1.82, 2.24) is 5.32 Å². The first kappa shape index (κ1) is 12.4. The highest BCUT2D eigenvalue weighted by Gasteiger charge is 2.36. The summed E-state index contributed by atoms with van der Waals surface area (Å²) in [6, 6.07) is 0.781. The topological polar surface area (TPSA) is 46.2 Å². The SMILES string of the molecule is CC1CC(NC2CCCCC2S(C)(=O)=O)C1. The molecule has 4 heteroatoms. The van der Waals surface area contributed by atoms with Gasteiger partial charge in [0.25, 0.3) is 0 Å². The van der Waals surface area contributed by atoms with Crippen molar-refractivity contribution in [2.45, 2.75) is 62.8 Å². The molecule has 2 saturated carbocycles. The van der Waals surface area contributed by atoms with Gasteiger partial charge in [0.15, 0.2) is 9.84 Å². The standard InChI is InChI=1S/C12H23NO2S/c1-9-7-10(8-9)13-11-5-3-4-6-12(11)16(2,14)15/h9-13H,3-8H2,1-2H3. The minimum atomic E-state index is -2.88. The van der Waals surface area contributed by atoms with Crippen molar-refractivity contribution < 1.29 is 8.42 Å². The summed E-state index contributed by atoms with van der Waals surface area (Å²) in [4.78, 5) is 0. The molecule has 0 bridgehead atoms. The van der Waals surface area contributed by atoms with Crippen LogP contribution in [0.25, 0.3) is 0 Å². The Morgan fingerprint density at radius 1 is 1.12 bits per heavy atom. The van der Waals surface area contributed by atoms with Crippen LogP contribution in [0.2, 0.25) is 0 Å². The summed E-state index contributed by atoms with van der Waals surface area (Å²) in [6.07, 6.45) is 7.94. The van der Waals surface area contributed by atoms with Crippen LogP contribution in [0.1, 0.15) is 45.4 Å². The maximum absolute atomic E-state index is 11.7. The predicted octanol–water partition coefficient (Wildman–Crippen LogP) is 1.73. The third-order valence-electron chi connectivity index (χ3n) is 4.08. The van der Waals surface area contributed by atoms with Gasteiger partial charge in [-0.25, -0.2) is 8.42 Å². The van der Waals surface area contributed by atoms with Gasteiger partial charge in [-0.15, -0.1) is 0 Å². The molecule has 0 aromatic carbocycles. The Morgan fingerprint density at radius 3 is 2.31 bits per heavy atom. The molecule has 2 rings (SSSR count). The van der Waals surface area contributed by atoms with Gasteiger partial charge in [0.05, 0.1) is 5.25 Å². The second kappa shape index (κ2) is 4.65. The van der Waals surface area contributed by atoms with Gasteiger partial charge < -0.3 is 5.32 Å². The quantitative estimate of drug-likeness (QED) is 0.823. The summed E-state index contributed by atoms with van der Waals surface area (Å²) in [5, 5.41) is 3.42. The number of nitrogens with one attached hydrogen (secondary N) is 1. The van der Waals surface area contributed by atoms with Crippen LogP contribution >= 0.6 is 0 Å². The molecule has 2 fully saturated rings. The number of hydrogen-bond acceptors (Lipinski definition) is 3. The molecule has 94 valence electrons. The lowest BCUT2D eigenvalue weighted by Crippen LogP contribution is -2.53. The zero-order chi connectivity index (χ0) is 11.8. The lowest BCUT2D eigenvalue weighted by molar-refractivity contribution is 0.205. The fourth-order valence-corrected chi connectivity index (χ4v) is 4.55. The van der Waals surface area contributed by atoms with Gasteiger partial charge in [-0.2, -0.15) is 0 Å². The molecule has 0 amide bonds. The first-order valence-electron chi connectivity index (χ1n) is 6.41. The van der Waals surface area contributed by atoms with Crippen LogP contribution in [0.3, 0.4) is 0 Å². The van der Waals surface area contributed by atoms with Crippen molar-refractivity contribution in [2.75, 3.05) is 6.26 Å². The molecular weight excluding hydrogens is 222 g/mol. The van der Waals surface area contributed by atoms with Crippen LogP contribution in [0, 0.1) is 5.92 Å². The van der Waals surface area contributed by atoms with Gasteiger partial charge in [0.2, 0.25) is 0 Å². The maximum Gasteiger partial charge on any atom is 0.151 e. The predicted molar refractivity (Wildman–Crippen MR) is 66.2 cm³/mol. The molecule has 16 heavy (non-hydrogen) atoms. The molecule has 0 heterocycles. The largest absolute Gasteiger partial charge is 0.310 e. The summed E-state index contributed by atoms with van der Waals surface area (Å²) in [6.45, 7) is 2.26. The molecular formula is C12H23NO2S. The van der Waals surface area contributed by atoms with E-state index in [4.69, 9.17) is 0 Å². The van der Waals surface area contributed by atoms with E-state index in [1.54, 1.807) is 0 Å². The Morgan fingerprint density at radius 2 is 1.75 bits per heavy atom. The lowest BCUT2D eigenvalue weighted by Gasteiger charge is -2.40. The molecule has 0 saturated heterocycles. The van der Waals surface area contributed by atoms with Gasteiger partial charge in [-0.05, 0) is 31.6 Å². The van der Waals surface area contributed by atoms with Crippen molar-refractivity contribution in [3.63, 3.8) is 0 Å². The molecule has 0 aromatic heterocycles. The zero-order valence-corrected chi connectivity index (χ0v) is 11.1. The van der Waals surface area contributed by atoms with E-state index >= 15 is 0 Å². The highest BCUT2D eigenvalue weighted by Crippen LogP contribution is 2.30. The fourth-order valence-electron chi connectivity index (χ4n) is 3.14. The average molecular weight is 245 g/mol. The van der Waals surface area contributed by atoms with Crippen LogP contribution < -0.4 is 5.32 Å². The monoisotopic (exact) mass is 245 g/mol. The van der Waals surface area contributed by atoms with Crippen LogP contribution in [0.5, 0.6) is 0 Å². The lowest BCUT2D eigenvalue weighted by atomic mass is 9.80. The van der Waals surface area contributed by atoms with Crippen molar-refractivity contribution in [2.24, 2.45) is 5.92 Å². The molecule has 2 aliphatic rings. The minimum Gasteiger partial charge on any atom is -0.310 e. The fraction of sp³-hybridized carbons (Fsp3) is 1.00. The summed E-state index contributed by atoms with van der Waals surface area (Å²) >= 11 is 0. The van der Waals surface area contributed by atoms with Crippen molar-refractivity contribution in [3.8, 4) is 0 Å². The van der Waals surface area contributed by atoms with Crippen molar-refractivity contribution in [1.29, 1.82) is 0 Å². The first-order valence-corrected chi connectivity index (χ1v) is 8.37. The minimum absolute atomic E-state index is 0.142. The van der Waals surface area contributed by atoms with E-state index in [2.05, 4.69) is 12.2 Å². The summed E-state index contributed by atoms with van der Waals surface area (Å²) < 4.78 is 23.4. The van der Waals surface area contributed by atoms with Crippen molar-refractivity contribution >= 4 is 9.84 Å². The molecule has 0 spiro atoms. The maximum atomic E-state index is 11.7. The number of sulfone groups is 1. The van der Waals surface area contributed by atoms with E-state index in [1.807, 2.05) is 0 Å². The van der Waals surface area contributed by atoms with E-state index in [-0.39, 0.29) is 11.3 Å². The van der Waals surface area contributed by atoms with Gasteiger partial charge in [-0.3, -0.25) is 0 Å². The number of rotatable bonds is 3. The smallest absolute Gasteiger partial charge is 0.151 e. The molecule has 2 atom stereocenters. The van der Waals surface area contributed by atoms with Crippen LogP contribution in [0.15, 0.2) is 0 Å². The van der Waals surface area contributed by atoms with Gasteiger partial charge >= 0.3 is 0 Å². The first-order chi connectivity index (χ1) is 7.47. The molecule has 0 radical (unpaired) electrons. The zero-order valence-electron chi connectivity index (χ0n) is 10.3. The third kappa shape index (κ3) is 2.77. The van der Waals surface area contributed by atoms with Crippen LogP contribution in [-0.4, -0.2) is 32.0 Å². The average Bonchev–Trinajstić information content (AvgIpc) is 2.14. The summed E-state index contributed by atoms with van der Waals surface area (Å²) in [5.41, 5.74) is 0. The Hall–Kier alpha value is -0.0900. The van der Waals surface area contributed by atoms with E-state index in [0.29, 0.717) is 6.04 Å². The molecule has 2 unspecified atom stereocenters. The Labute approximate surface area is 98.9 Å². The molecule has 1 N–H and O–H groups in total. The Bertz CT molecular complexity index is 333. The second-order valence-corrected chi connectivity index (χ2v) is 7.96. The molecule has 2 aliphatic carbocycles. The highest BCUT2D eigenvalue weighted by atomic mass is 32.2. The summed E-state index contributed by atoms with van der Waals surface area (Å²) in [7, 11) is -2.88. The highest BCUT2D eigenvalue weighted by molar-refractivity contribution is 7.91. The molecule has 0 aromatic rings. The van der Waals surface area contributed by atoms with Gasteiger partial charge in [0, 0.05) is 18.3 Å². The van der Waals surface area contributed by atoms with E-state index in [9.17, 15) is 8.42 Å². The van der Waals surface area contributed by atoms with Crippen LogP contribution in [0.4, 0.5) is 0 Å².